The van der Waals surface area contributed by atoms with Crippen LogP contribution in [-0.4, -0.2) is 49.5 Å². The second-order valence-corrected chi connectivity index (χ2v) is 4.19. The normalized spacial score (nSPS) is 27.5. The van der Waals surface area contributed by atoms with Gasteiger partial charge < -0.3 is 9.84 Å². The maximum atomic E-state index is 9.21. The van der Waals surface area contributed by atoms with Crippen LogP contribution in [0.3, 0.4) is 0 Å². The van der Waals surface area contributed by atoms with E-state index in [-0.39, 0.29) is 0 Å². The zero-order valence-corrected chi connectivity index (χ0v) is 8.11. The molecule has 0 radical (unpaired) electrons. The summed E-state index contributed by atoms with van der Waals surface area (Å²) in [4.78, 5) is 2.42. The zero-order valence-electron chi connectivity index (χ0n) is 8.11. The van der Waals surface area contributed by atoms with Gasteiger partial charge in [0, 0.05) is 26.2 Å². The van der Waals surface area contributed by atoms with Crippen molar-refractivity contribution in [2.24, 2.45) is 11.8 Å². The lowest BCUT2D eigenvalue weighted by Crippen LogP contribution is -2.40. The van der Waals surface area contributed by atoms with Crippen LogP contribution in [0.2, 0.25) is 0 Å². The van der Waals surface area contributed by atoms with Gasteiger partial charge in [-0.15, -0.1) is 0 Å². The Bertz CT molecular complexity index is 153. The van der Waals surface area contributed by atoms with Gasteiger partial charge in [0.1, 0.15) is 0 Å². The maximum Gasteiger partial charge on any atom is 0.0594 e. The summed E-state index contributed by atoms with van der Waals surface area (Å²) >= 11 is 0. The number of morpholine rings is 1. The summed E-state index contributed by atoms with van der Waals surface area (Å²) in [5.41, 5.74) is 0. The number of hydrogen-bond donors (Lipinski definition) is 1. The van der Waals surface area contributed by atoms with Gasteiger partial charge in [-0.1, -0.05) is 0 Å². The first-order valence-electron chi connectivity index (χ1n) is 5.31. The third kappa shape index (κ3) is 2.66. The molecule has 0 amide bonds. The molecular formula is C10H19NO2. The Balaban J connectivity index is 1.73. The van der Waals surface area contributed by atoms with E-state index in [1.807, 2.05) is 0 Å². The van der Waals surface area contributed by atoms with E-state index >= 15 is 0 Å². The Hall–Kier alpha value is -0.120. The first-order valence-corrected chi connectivity index (χ1v) is 5.31. The molecule has 1 heterocycles. The summed E-state index contributed by atoms with van der Waals surface area (Å²) in [6.07, 6.45) is 2.66. The van der Waals surface area contributed by atoms with Crippen LogP contribution in [0.1, 0.15) is 12.8 Å². The molecule has 2 aliphatic rings. The fourth-order valence-corrected chi connectivity index (χ4v) is 2.04. The van der Waals surface area contributed by atoms with Gasteiger partial charge in [-0.2, -0.15) is 0 Å². The molecule has 76 valence electrons. The van der Waals surface area contributed by atoms with Crippen LogP contribution >= 0.6 is 0 Å². The van der Waals surface area contributed by atoms with E-state index in [0.717, 1.165) is 38.8 Å². The highest BCUT2D eigenvalue weighted by Gasteiger charge is 2.31. The van der Waals surface area contributed by atoms with Crippen LogP contribution < -0.4 is 0 Å². The lowest BCUT2D eigenvalue weighted by Gasteiger charge is -2.29. The van der Waals surface area contributed by atoms with Crippen molar-refractivity contribution in [2.75, 3.05) is 39.5 Å². The Labute approximate surface area is 79.7 Å². The molecule has 2 rings (SSSR count). The molecule has 3 heteroatoms. The van der Waals surface area contributed by atoms with Crippen molar-refractivity contribution in [2.45, 2.75) is 12.8 Å². The molecule has 1 N–H and O–H groups in total. The Morgan fingerprint density at radius 1 is 1.31 bits per heavy atom. The number of nitrogens with zero attached hydrogens (tertiary/aromatic N) is 1. The lowest BCUT2D eigenvalue weighted by molar-refractivity contribution is 0.0232. The largest absolute Gasteiger partial charge is 0.396 e. The quantitative estimate of drug-likeness (QED) is 0.685. The van der Waals surface area contributed by atoms with Crippen LogP contribution in [0.4, 0.5) is 0 Å². The van der Waals surface area contributed by atoms with E-state index in [1.165, 1.54) is 12.8 Å². The molecule has 0 spiro atoms. The van der Waals surface area contributed by atoms with Gasteiger partial charge in [-0.25, -0.2) is 0 Å². The van der Waals surface area contributed by atoms with Crippen LogP contribution in [0.25, 0.3) is 0 Å². The average molecular weight is 185 g/mol. The molecule has 0 aromatic carbocycles. The fourth-order valence-electron chi connectivity index (χ4n) is 2.04. The predicted molar refractivity (Wildman–Crippen MR) is 50.6 cm³/mol. The van der Waals surface area contributed by atoms with Gasteiger partial charge in [0.15, 0.2) is 0 Å². The topological polar surface area (TPSA) is 32.7 Å². The first-order chi connectivity index (χ1) is 6.40. The highest BCUT2D eigenvalue weighted by Crippen LogP contribution is 2.36. The van der Waals surface area contributed by atoms with E-state index < -0.39 is 0 Å². The average Bonchev–Trinajstić information content (AvgIpc) is 2.99. The van der Waals surface area contributed by atoms with Gasteiger partial charge >= 0.3 is 0 Å². The van der Waals surface area contributed by atoms with Gasteiger partial charge in [0.25, 0.3) is 0 Å². The van der Waals surface area contributed by atoms with Gasteiger partial charge in [0.05, 0.1) is 13.2 Å². The molecule has 3 nitrogen and oxygen atoms in total. The van der Waals surface area contributed by atoms with Crippen molar-refractivity contribution < 1.29 is 9.84 Å². The summed E-state index contributed by atoms with van der Waals surface area (Å²) in [6, 6.07) is 0. The minimum absolute atomic E-state index is 0.363. The first kappa shape index (κ1) is 9.44. The minimum Gasteiger partial charge on any atom is -0.396 e. The Morgan fingerprint density at radius 3 is 2.54 bits per heavy atom. The lowest BCUT2D eigenvalue weighted by atomic mass is 10.0. The molecular weight excluding hydrogens is 166 g/mol. The SMILES string of the molecule is OCC(CN1CCOCC1)C1CC1. The van der Waals surface area contributed by atoms with E-state index in [0.29, 0.717) is 12.5 Å². The van der Waals surface area contributed by atoms with Crippen molar-refractivity contribution >= 4 is 0 Å². The third-order valence-corrected chi connectivity index (χ3v) is 3.12. The molecule has 0 bridgehead atoms. The summed E-state index contributed by atoms with van der Waals surface area (Å²) in [5, 5.41) is 9.21. The monoisotopic (exact) mass is 185 g/mol. The van der Waals surface area contributed by atoms with Crippen LogP contribution in [-0.2, 0) is 4.74 Å². The highest BCUT2D eigenvalue weighted by molar-refractivity contribution is 4.83. The van der Waals surface area contributed by atoms with E-state index in [2.05, 4.69) is 4.90 Å². The number of hydrogen-bond acceptors (Lipinski definition) is 3. The molecule has 1 aliphatic heterocycles. The van der Waals surface area contributed by atoms with Crippen LogP contribution in [0.15, 0.2) is 0 Å². The number of aliphatic hydroxyl groups is 1. The molecule has 0 aromatic rings. The summed E-state index contributed by atoms with van der Waals surface area (Å²) in [7, 11) is 0. The van der Waals surface area contributed by atoms with Gasteiger partial charge in [0.2, 0.25) is 0 Å². The highest BCUT2D eigenvalue weighted by atomic mass is 16.5. The summed E-state index contributed by atoms with van der Waals surface area (Å²) < 4.78 is 5.29. The van der Waals surface area contributed by atoms with Gasteiger partial charge in [-0.05, 0) is 24.7 Å². The predicted octanol–water partition coefficient (Wildman–Crippen LogP) is 0.337. The van der Waals surface area contributed by atoms with Crippen molar-refractivity contribution in [3.05, 3.63) is 0 Å². The molecule has 13 heavy (non-hydrogen) atoms. The third-order valence-electron chi connectivity index (χ3n) is 3.12. The standard InChI is InChI=1S/C10H19NO2/c12-8-10(9-1-2-9)7-11-3-5-13-6-4-11/h9-10,12H,1-8H2. The molecule has 1 atom stereocenters. The number of ether oxygens (including phenoxy) is 1. The molecule has 0 aromatic heterocycles. The second-order valence-electron chi connectivity index (χ2n) is 4.19. The van der Waals surface area contributed by atoms with Crippen LogP contribution in [0.5, 0.6) is 0 Å². The molecule has 1 saturated carbocycles. The van der Waals surface area contributed by atoms with Crippen LogP contribution in [0, 0.1) is 11.8 Å². The summed E-state index contributed by atoms with van der Waals surface area (Å²) in [5.74, 6) is 1.34. The van der Waals surface area contributed by atoms with Crippen molar-refractivity contribution in [3.63, 3.8) is 0 Å². The maximum absolute atomic E-state index is 9.21. The second kappa shape index (κ2) is 4.40. The van der Waals surface area contributed by atoms with E-state index in [9.17, 15) is 5.11 Å². The van der Waals surface area contributed by atoms with Gasteiger partial charge in [-0.3, -0.25) is 4.90 Å². The number of rotatable bonds is 4. The summed E-state index contributed by atoms with van der Waals surface area (Å²) in [6.45, 7) is 5.25. The van der Waals surface area contributed by atoms with E-state index in [1.54, 1.807) is 0 Å². The molecule has 1 aliphatic carbocycles. The minimum atomic E-state index is 0.363. The van der Waals surface area contributed by atoms with Crippen molar-refractivity contribution in [1.29, 1.82) is 0 Å². The Morgan fingerprint density at radius 2 is 2.00 bits per heavy atom. The van der Waals surface area contributed by atoms with Crippen molar-refractivity contribution in [3.8, 4) is 0 Å². The van der Waals surface area contributed by atoms with Crippen molar-refractivity contribution in [1.82, 2.24) is 4.90 Å². The smallest absolute Gasteiger partial charge is 0.0594 e. The molecule has 2 fully saturated rings. The fraction of sp³-hybridized carbons (Fsp3) is 1.00. The zero-order chi connectivity index (χ0) is 9.10. The molecule has 1 saturated heterocycles. The number of aliphatic hydroxyl groups excluding tert-OH is 1. The molecule has 1 unspecified atom stereocenters. The van der Waals surface area contributed by atoms with E-state index in [4.69, 9.17) is 4.74 Å². The Kier molecular flexibility index (Phi) is 3.19.